The molecule has 20 heavy (non-hydrogen) atoms. The van der Waals surface area contributed by atoms with Crippen LogP contribution in [0.5, 0.6) is 0 Å². The van der Waals surface area contributed by atoms with Gasteiger partial charge >= 0.3 is 0 Å². The molecule has 0 N–H and O–H groups in total. The van der Waals surface area contributed by atoms with Crippen LogP contribution < -0.4 is 0 Å². The van der Waals surface area contributed by atoms with Crippen LogP contribution in [0.15, 0.2) is 17.4 Å². The van der Waals surface area contributed by atoms with Gasteiger partial charge in [0, 0.05) is 46.0 Å². The Hall–Kier alpha value is -0.830. The fourth-order valence-electron chi connectivity index (χ4n) is 2.30. The van der Waals surface area contributed by atoms with Gasteiger partial charge in [0.05, 0.1) is 19.3 Å². The highest BCUT2D eigenvalue weighted by Crippen LogP contribution is 2.22. The van der Waals surface area contributed by atoms with Crippen LogP contribution in [0.4, 0.5) is 0 Å². The summed E-state index contributed by atoms with van der Waals surface area (Å²) in [6.07, 6.45) is 3.96. The van der Waals surface area contributed by atoms with E-state index >= 15 is 0 Å². The maximum absolute atomic E-state index is 5.85. The van der Waals surface area contributed by atoms with Crippen LogP contribution in [-0.4, -0.2) is 65.9 Å². The van der Waals surface area contributed by atoms with Crippen molar-refractivity contribution < 1.29 is 4.74 Å². The first-order valence-corrected chi connectivity index (χ1v) is 6.68. The summed E-state index contributed by atoms with van der Waals surface area (Å²) in [5.74, 6) is 1.03. The first-order chi connectivity index (χ1) is 9.11. The maximum Gasteiger partial charge on any atom is 0.196 e. The number of hydrogen-bond acceptors (Lipinski definition) is 3. The van der Waals surface area contributed by atoms with E-state index in [4.69, 9.17) is 4.74 Å². The first kappa shape index (κ1) is 17.2. The fourth-order valence-corrected chi connectivity index (χ4v) is 2.30. The van der Waals surface area contributed by atoms with Crippen LogP contribution in [-0.2, 0) is 11.8 Å². The van der Waals surface area contributed by atoms with Crippen LogP contribution >= 0.6 is 24.0 Å². The quantitative estimate of drug-likeness (QED) is 0.433. The van der Waals surface area contributed by atoms with Gasteiger partial charge in [0.2, 0.25) is 0 Å². The van der Waals surface area contributed by atoms with Gasteiger partial charge in [-0.15, -0.1) is 24.0 Å². The van der Waals surface area contributed by atoms with E-state index in [0.717, 1.165) is 37.8 Å². The Bertz CT molecular complexity index is 446. The Morgan fingerprint density at radius 2 is 2.30 bits per heavy atom. The van der Waals surface area contributed by atoms with Gasteiger partial charge in [0.1, 0.15) is 6.10 Å². The van der Waals surface area contributed by atoms with Crippen LogP contribution in [0.1, 0.15) is 18.6 Å². The lowest BCUT2D eigenvalue weighted by molar-refractivity contribution is -0.00989. The average molecular weight is 393 g/mol. The molecule has 1 aliphatic rings. The summed E-state index contributed by atoms with van der Waals surface area (Å²) in [4.78, 5) is 8.92. The molecule has 7 heteroatoms. The number of aliphatic imine (C=N–C) groups is 1. The number of morpholine rings is 1. The molecule has 1 aliphatic heterocycles. The minimum Gasteiger partial charge on any atom is -0.370 e. The molecular formula is C13H24IN5O. The van der Waals surface area contributed by atoms with Crippen molar-refractivity contribution in [3.63, 3.8) is 0 Å². The largest absolute Gasteiger partial charge is 0.370 e. The number of ether oxygens (including phenoxy) is 1. The minimum atomic E-state index is 0. The second-order valence-corrected chi connectivity index (χ2v) is 4.92. The highest BCUT2D eigenvalue weighted by atomic mass is 127. The molecular weight excluding hydrogens is 369 g/mol. The number of aryl methyl sites for hydroxylation is 1. The number of hydrogen-bond donors (Lipinski definition) is 0. The van der Waals surface area contributed by atoms with E-state index in [1.165, 1.54) is 0 Å². The summed E-state index contributed by atoms with van der Waals surface area (Å²) >= 11 is 0. The Morgan fingerprint density at radius 3 is 2.85 bits per heavy atom. The summed E-state index contributed by atoms with van der Waals surface area (Å²) in [5.41, 5.74) is 1.13. The second kappa shape index (κ2) is 7.82. The van der Waals surface area contributed by atoms with E-state index in [9.17, 15) is 0 Å². The smallest absolute Gasteiger partial charge is 0.196 e. The zero-order valence-corrected chi connectivity index (χ0v) is 14.9. The van der Waals surface area contributed by atoms with Crippen molar-refractivity contribution in [2.24, 2.45) is 12.0 Å². The summed E-state index contributed by atoms with van der Waals surface area (Å²) in [6.45, 7) is 5.28. The van der Waals surface area contributed by atoms with Gasteiger partial charge < -0.3 is 14.5 Å². The zero-order valence-electron chi connectivity index (χ0n) is 12.6. The van der Waals surface area contributed by atoms with Gasteiger partial charge in [-0.25, -0.2) is 0 Å². The third-order valence-corrected chi connectivity index (χ3v) is 3.15. The SMILES string of the molecule is CCN=C(N(C)C)N1CCOC(c2cnn(C)c2)C1.I. The molecule has 1 atom stereocenters. The number of aromatic nitrogens is 2. The molecule has 0 spiro atoms. The summed E-state index contributed by atoms with van der Waals surface area (Å²) < 4.78 is 7.66. The van der Waals surface area contributed by atoms with Crippen LogP contribution in [0.25, 0.3) is 0 Å². The lowest BCUT2D eigenvalue weighted by atomic mass is 10.1. The number of halogens is 1. The molecule has 0 radical (unpaired) electrons. The topological polar surface area (TPSA) is 45.9 Å². The third-order valence-electron chi connectivity index (χ3n) is 3.15. The Labute approximate surface area is 137 Å². The predicted molar refractivity (Wildman–Crippen MR) is 90.6 cm³/mol. The molecule has 6 nitrogen and oxygen atoms in total. The highest BCUT2D eigenvalue weighted by Gasteiger charge is 2.25. The van der Waals surface area contributed by atoms with Gasteiger partial charge in [-0.2, -0.15) is 5.10 Å². The van der Waals surface area contributed by atoms with E-state index in [1.807, 2.05) is 38.2 Å². The van der Waals surface area contributed by atoms with Crippen LogP contribution in [0.2, 0.25) is 0 Å². The number of guanidine groups is 1. The van der Waals surface area contributed by atoms with Gasteiger partial charge in [-0.3, -0.25) is 9.67 Å². The molecule has 0 bridgehead atoms. The number of rotatable bonds is 2. The van der Waals surface area contributed by atoms with Crippen LogP contribution in [0, 0.1) is 0 Å². The van der Waals surface area contributed by atoms with E-state index in [1.54, 1.807) is 0 Å². The standard InChI is InChI=1S/C13H23N5O.HI/c1-5-14-13(16(2)3)18-6-7-19-12(10-18)11-8-15-17(4)9-11;/h8-9,12H,5-7,10H2,1-4H3;1H. The van der Waals surface area contributed by atoms with Crippen molar-refractivity contribution in [3.05, 3.63) is 18.0 Å². The molecule has 0 aliphatic carbocycles. The molecule has 0 saturated carbocycles. The second-order valence-electron chi connectivity index (χ2n) is 4.92. The lowest BCUT2D eigenvalue weighted by Gasteiger charge is -2.36. The molecule has 1 aromatic rings. The molecule has 2 heterocycles. The maximum atomic E-state index is 5.85. The molecule has 1 unspecified atom stereocenters. The Balaban J connectivity index is 0.00000200. The fraction of sp³-hybridized carbons (Fsp3) is 0.692. The van der Waals surface area contributed by atoms with Gasteiger partial charge in [0.15, 0.2) is 5.96 Å². The molecule has 1 fully saturated rings. The summed E-state index contributed by atoms with van der Waals surface area (Å²) in [6, 6.07) is 0. The molecule has 1 aromatic heterocycles. The lowest BCUT2D eigenvalue weighted by Crippen LogP contribution is -2.47. The van der Waals surface area contributed by atoms with Crippen molar-refractivity contribution >= 4 is 29.9 Å². The predicted octanol–water partition coefficient (Wildman–Crippen LogP) is 1.35. The average Bonchev–Trinajstić information content (AvgIpc) is 2.82. The summed E-state index contributed by atoms with van der Waals surface area (Å²) in [7, 11) is 5.99. The molecule has 1 saturated heterocycles. The van der Waals surface area contributed by atoms with Crippen molar-refractivity contribution in [1.29, 1.82) is 0 Å². The van der Waals surface area contributed by atoms with Crippen LogP contribution in [0.3, 0.4) is 0 Å². The van der Waals surface area contributed by atoms with Crippen molar-refractivity contribution in [3.8, 4) is 0 Å². The Morgan fingerprint density at radius 1 is 1.55 bits per heavy atom. The van der Waals surface area contributed by atoms with Gasteiger partial charge in [-0.1, -0.05) is 0 Å². The minimum absolute atomic E-state index is 0. The monoisotopic (exact) mass is 393 g/mol. The first-order valence-electron chi connectivity index (χ1n) is 6.68. The van der Waals surface area contributed by atoms with E-state index in [0.29, 0.717) is 0 Å². The Kier molecular flexibility index (Phi) is 6.74. The molecule has 114 valence electrons. The molecule has 2 rings (SSSR count). The normalized spacial score (nSPS) is 19.7. The molecule has 0 aromatic carbocycles. The van der Waals surface area contributed by atoms with E-state index in [-0.39, 0.29) is 30.1 Å². The van der Waals surface area contributed by atoms with Crippen molar-refractivity contribution in [2.45, 2.75) is 13.0 Å². The molecule has 0 amide bonds. The van der Waals surface area contributed by atoms with Gasteiger partial charge in [0.25, 0.3) is 0 Å². The number of nitrogens with zero attached hydrogens (tertiary/aromatic N) is 5. The van der Waals surface area contributed by atoms with Crippen molar-refractivity contribution in [1.82, 2.24) is 19.6 Å². The zero-order chi connectivity index (χ0) is 13.8. The van der Waals surface area contributed by atoms with E-state index in [2.05, 4.69) is 26.8 Å². The van der Waals surface area contributed by atoms with Crippen molar-refractivity contribution in [2.75, 3.05) is 40.3 Å². The summed E-state index contributed by atoms with van der Waals surface area (Å²) in [5, 5.41) is 4.21. The third kappa shape index (κ3) is 4.08. The highest BCUT2D eigenvalue weighted by molar-refractivity contribution is 14.0. The van der Waals surface area contributed by atoms with Gasteiger partial charge in [-0.05, 0) is 6.92 Å². The van der Waals surface area contributed by atoms with E-state index < -0.39 is 0 Å².